The van der Waals surface area contributed by atoms with Crippen molar-refractivity contribution in [2.45, 2.75) is 83.4 Å². The van der Waals surface area contributed by atoms with Crippen molar-refractivity contribution < 1.29 is 19.4 Å². The minimum absolute atomic E-state index is 0.0515. The van der Waals surface area contributed by atoms with Crippen LogP contribution in [0.4, 0.5) is 4.79 Å². The summed E-state index contributed by atoms with van der Waals surface area (Å²) in [6.45, 7) is 5.72. The van der Waals surface area contributed by atoms with Gasteiger partial charge in [0.2, 0.25) is 5.91 Å². The Balaban J connectivity index is 1.34. The van der Waals surface area contributed by atoms with Gasteiger partial charge in [-0.15, -0.1) is 0 Å². The Bertz CT molecular complexity index is 1070. The van der Waals surface area contributed by atoms with Crippen LogP contribution >= 0.6 is 0 Å². The van der Waals surface area contributed by atoms with Crippen molar-refractivity contribution in [3.63, 3.8) is 0 Å². The first-order chi connectivity index (χ1) is 17.2. The Labute approximate surface area is 213 Å². The predicted octanol–water partition coefficient (Wildman–Crippen LogP) is 4.54. The lowest BCUT2D eigenvalue weighted by Gasteiger charge is -2.53. The zero-order valence-corrected chi connectivity index (χ0v) is 21.8. The molecular weight excluding hydrogens is 454 g/mol. The number of ether oxygens (including phenoxy) is 1. The largest absolute Gasteiger partial charge is 0.446 e. The molecule has 4 aliphatic rings. The molecule has 0 unspecified atom stereocenters. The van der Waals surface area contributed by atoms with Gasteiger partial charge in [-0.2, -0.15) is 0 Å². The van der Waals surface area contributed by atoms with Crippen molar-refractivity contribution in [3.05, 3.63) is 36.0 Å². The quantitative estimate of drug-likeness (QED) is 0.410. The molecule has 0 spiro atoms. The Hall–Kier alpha value is -2.54. The maximum atomic E-state index is 13.6. The van der Waals surface area contributed by atoms with Gasteiger partial charge in [0.05, 0.1) is 12.6 Å². The number of nitrogens with one attached hydrogen (secondary N) is 3. The van der Waals surface area contributed by atoms with E-state index < -0.39 is 11.6 Å². The molecule has 7 heteroatoms. The van der Waals surface area contributed by atoms with E-state index >= 15 is 0 Å². The maximum Gasteiger partial charge on any atom is 0.408 e. The molecule has 0 radical (unpaired) electrons. The zero-order valence-electron chi connectivity index (χ0n) is 21.8. The van der Waals surface area contributed by atoms with E-state index in [2.05, 4.69) is 29.5 Å². The average molecular weight is 496 g/mol. The number of rotatable bonds is 9. The number of carbonyl (C=O) groups is 2. The number of aliphatic hydroxyl groups excluding tert-OH is 1. The highest BCUT2D eigenvalue weighted by Crippen LogP contribution is 2.54. The van der Waals surface area contributed by atoms with E-state index in [4.69, 9.17) is 4.74 Å². The van der Waals surface area contributed by atoms with Crippen molar-refractivity contribution in [1.82, 2.24) is 15.6 Å². The van der Waals surface area contributed by atoms with E-state index in [0.29, 0.717) is 30.6 Å². The Morgan fingerprint density at radius 3 is 2.42 bits per heavy atom. The van der Waals surface area contributed by atoms with Crippen LogP contribution in [0.25, 0.3) is 10.9 Å². The number of aliphatic hydroxyl groups is 1. The van der Waals surface area contributed by atoms with E-state index in [1.807, 2.05) is 30.5 Å². The molecule has 4 bridgehead atoms. The molecule has 6 rings (SSSR count). The normalized spacial score (nSPS) is 29.2. The third kappa shape index (κ3) is 5.13. The second-order valence-electron chi connectivity index (χ2n) is 12.3. The third-order valence-electron chi connectivity index (χ3n) is 8.79. The van der Waals surface area contributed by atoms with Crippen molar-refractivity contribution >= 4 is 22.9 Å². The van der Waals surface area contributed by atoms with Crippen LogP contribution in [0.2, 0.25) is 0 Å². The number of hydrogen-bond acceptors (Lipinski definition) is 4. The monoisotopic (exact) mass is 495 g/mol. The zero-order chi connectivity index (χ0) is 25.4. The molecule has 1 heterocycles. The standard InChI is InChI=1S/C29H41N3O4/c1-17(2)8-23(16-33)31-27(34)29(3,14-22-15-30-25-7-5-4-6-24(22)25)32-28(35)36-26-20-10-18-9-19(12-20)13-21(26)11-18/h4-7,15,17-21,23,26,30,33H,8-14,16H2,1-3H3,(H,31,34)(H,32,35)/t18?,19?,20?,21?,23-,26?,29+/m0/s1. The van der Waals surface area contributed by atoms with Crippen molar-refractivity contribution in [3.8, 4) is 0 Å². The number of alkyl carbamates (subject to hydrolysis) is 1. The summed E-state index contributed by atoms with van der Waals surface area (Å²) in [5.41, 5.74) is 0.695. The minimum atomic E-state index is -1.24. The van der Waals surface area contributed by atoms with Crippen LogP contribution in [0.1, 0.15) is 64.9 Å². The summed E-state index contributed by atoms with van der Waals surface area (Å²) in [5, 5.41) is 16.9. The van der Waals surface area contributed by atoms with Gasteiger partial charge in [-0.1, -0.05) is 32.0 Å². The summed E-state index contributed by atoms with van der Waals surface area (Å²) < 4.78 is 6.09. The van der Waals surface area contributed by atoms with Crippen LogP contribution in [0.5, 0.6) is 0 Å². The number of carbonyl (C=O) groups excluding carboxylic acids is 2. The molecule has 0 saturated heterocycles. The number of amides is 2. The molecule has 196 valence electrons. The second-order valence-corrected chi connectivity index (χ2v) is 12.3. The molecule has 2 amide bonds. The van der Waals surface area contributed by atoms with Crippen LogP contribution in [0.15, 0.2) is 30.5 Å². The first-order valence-corrected chi connectivity index (χ1v) is 13.7. The summed E-state index contributed by atoms with van der Waals surface area (Å²) in [6.07, 6.45) is 8.27. The molecule has 36 heavy (non-hydrogen) atoms. The summed E-state index contributed by atoms with van der Waals surface area (Å²) in [4.78, 5) is 30.2. The topological polar surface area (TPSA) is 103 Å². The highest BCUT2D eigenvalue weighted by Gasteiger charge is 2.50. The molecular formula is C29H41N3O4. The van der Waals surface area contributed by atoms with Crippen LogP contribution in [0, 0.1) is 29.6 Å². The van der Waals surface area contributed by atoms with Gasteiger partial charge in [-0.3, -0.25) is 4.79 Å². The van der Waals surface area contributed by atoms with Gasteiger partial charge in [0.25, 0.3) is 0 Å². The number of fused-ring (bicyclic) bond motifs is 1. The van der Waals surface area contributed by atoms with Crippen molar-refractivity contribution in [2.24, 2.45) is 29.6 Å². The fourth-order valence-corrected chi connectivity index (χ4v) is 7.38. The Morgan fingerprint density at radius 2 is 1.78 bits per heavy atom. The summed E-state index contributed by atoms with van der Waals surface area (Å²) >= 11 is 0. The van der Waals surface area contributed by atoms with Gasteiger partial charge in [0, 0.05) is 23.5 Å². The van der Waals surface area contributed by atoms with Gasteiger partial charge < -0.3 is 25.5 Å². The second kappa shape index (κ2) is 10.1. The number of hydrogen-bond donors (Lipinski definition) is 4. The van der Waals surface area contributed by atoms with Gasteiger partial charge in [-0.05, 0) is 86.7 Å². The molecule has 0 aliphatic heterocycles. The molecule has 2 atom stereocenters. The lowest BCUT2D eigenvalue weighted by Crippen LogP contribution is -2.61. The molecule has 4 saturated carbocycles. The van der Waals surface area contributed by atoms with Gasteiger partial charge in [0.1, 0.15) is 11.6 Å². The van der Waals surface area contributed by atoms with E-state index in [0.717, 1.165) is 54.0 Å². The Kier molecular flexibility index (Phi) is 7.03. The third-order valence-corrected chi connectivity index (χ3v) is 8.79. The lowest BCUT2D eigenvalue weighted by atomic mass is 9.55. The number of aromatic amines is 1. The maximum absolute atomic E-state index is 13.6. The number of H-pyrrole nitrogens is 1. The Morgan fingerprint density at radius 1 is 1.11 bits per heavy atom. The lowest BCUT2D eigenvalue weighted by molar-refractivity contribution is -0.129. The smallest absolute Gasteiger partial charge is 0.408 e. The van der Waals surface area contributed by atoms with Gasteiger partial charge in [-0.25, -0.2) is 4.79 Å². The molecule has 4 fully saturated rings. The van der Waals surface area contributed by atoms with Crippen LogP contribution in [0.3, 0.4) is 0 Å². The van der Waals surface area contributed by atoms with Gasteiger partial charge in [0.15, 0.2) is 0 Å². The summed E-state index contributed by atoms with van der Waals surface area (Å²) in [6, 6.07) is 7.57. The van der Waals surface area contributed by atoms with E-state index in [1.165, 1.54) is 6.42 Å². The number of aromatic nitrogens is 1. The molecule has 4 N–H and O–H groups in total. The number of benzene rings is 1. The first-order valence-electron chi connectivity index (χ1n) is 13.7. The minimum Gasteiger partial charge on any atom is -0.446 e. The van der Waals surface area contributed by atoms with E-state index in [9.17, 15) is 14.7 Å². The van der Waals surface area contributed by atoms with Crippen LogP contribution < -0.4 is 10.6 Å². The highest BCUT2D eigenvalue weighted by molar-refractivity contribution is 5.91. The predicted molar refractivity (Wildman–Crippen MR) is 139 cm³/mol. The summed E-state index contributed by atoms with van der Waals surface area (Å²) in [7, 11) is 0. The SMILES string of the molecule is CC(C)C[C@@H](CO)NC(=O)[C@@](C)(Cc1c[nH]c2ccccc12)NC(=O)OC1C2CC3CC(C2)CC1C3. The molecule has 1 aromatic carbocycles. The van der Waals surface area contributed by atoms with Crippen LogP contribution in [-0.4, -0.2) is 46.4 Å². The van der Waals surface area contributed by atoms with Crippen LogP contribution in [-0.2, 0) is 16.0 Å². The number of para-hydroxylation sites is 1. The average Bonchev–Trinajstić information content (AvgIpc) is 3.22. The molecule has 1 aromatic heterocycles. The molecule has 7 nitrogen and oxygen atoms in total. The van der Waals surface area contributed by atoms with E-state index in [-0.39, 0.29) is 24.7 Å². The van der Waals surface area contributed by atoms with E-state index in [1.54, 1.807) is 6.92 Å². The van der Waals surface area contributed by atoms with Crippen molar-refractivity contribution in [1.29, 1.82) is 0 Å². The molecule has 4 aliphatic carbocycles. The first kappa shape index (κ1) is 25.1. The fraction of sp³-hybridized carbons (Fsp3) is 0.655. The fourth-order valence-electron chi connectivity index (χ4n) is 7.38. The van der Waals surface area contributed by atoms with Crippen molar-refractivity contribution in [2.75, 3.05) is 6.61 Å². The highest BCUT2D eigenvalue weighted by atomic mass is 16.6. The summed E-state index contributed by atoms with van der Waals surface area (Å²) in [5.74, 6) is 2.50. The molecule has 2 aromatic rings. The van der Waals surface area contributed by atoms with Gasteiger partial charge >= 0.3 is 6.09 Å².